The Kier molecular flexibility index (Phi) is 6.46. The molecule has 0 aromatic heterocycles. The Bertz CT molecular complexity index is 711. The van der Waals surface area contributed by atoms with E-state index in [9.17, 15) is 18.0 Å². The third-order valence-electron chi connectivity index (χ3n) is 5.79. The van der Waals surface area contributed by atoms with Gasteiger partial charge in [0.1, 0.15) is 5.60 Å². The lowest BCUT2D eigenvalue weighted by Gasteiger charge is -2.41. The Morgan fingerprint density at radius 2 is 1.79 bits per heavy atom. The molecule has 1 aromatic rings. The Labute approximate surface area is 170 Å². The molecule has 1 amide bonds. The molecule has 0 radical (unpaired) electrons. The number of benzene rings is 1. The van der Waals surface area contributed by atoms with Crippen LogP contribution in [0.4, 0.5) is 18.0 Å². The molecule has 0 unspecified atom stereocenters. The molecule has 0 saturated heterocycles. The van der Waals surface area contributed by atoms with Crippen molar-refractivity contribution in [1.82, 2.24) is 10.6 Å². The van der Waals surface area contributed by atoms with Crippen molar-refractivity contribution in [2.24, 2.45) is 0 Å². The van der Waals surface area contributed by atoms with Crippen LogP contribution in [0.25, 0.3) is 0 Å². The summed E-state index contributed by atoms with van der Waals surface area (Å²) >= 11 is 0. The first-order valence-electron chi connectivity index (χ1n) is 10.4. The van der Waals surface area contributed by atoms with Crippen LogP contribution >= 0.6 is 0 Å². The first-order chi connectivity index (χ1) is 13.5. The van der Waals surface area contributed by atoms with Crippen molar-refractivity contribution >= 4 is 6.09 Å². The van der Waals surface area contributed by atoms with Crippen molar-refractivity contribution in [3.8, 4) is 0 Å². The molecule has 3 rings (SSSR count). The van der Waals surface area contributed by atoms with Gasteiger partial charge in [0.2, 0.25) is 0 Å². The van der Waals surface area contributed by atoms with E-state index in [1.165, 1.54) is 18.6 Å². The highest BCUT2D eigenvalue weighted by molar-refractivity contribution is 5.68. The van der Waals surface area contributed by atoms with Gasteiger partial charge in [-0.1, -0.05) is 24.6 Å². The molecule has 0 aliphatic heterocycles. The highest BCUT2D eigenvalue weighted by Crippen LogP contribution is 2.37. The predicted octanol–water partition coefficient (Wildman–Crippen LogP) is 5.38. The van der Waals surface area contributed by atoms with E-state index in [0.717, 1.165) is 30.9 Å². The van der Waals surface area contributed by atoms with Gasteiger partial charge in [0.25, 0.3) is 0 Å². The van der Waals surface area contributed by atoms with Crippen LogP contribution in [0.5, 0.6) is 0 Å². The molecule has 3 atom stereocenters. The highest BCUT2D eigenvalue weighted by atomic mass is 19.4. The summed E-state index contributed by atoms with van der Waals surface area (Å²) in [4.78, 5) is 12.3. The van der Waals surface area contributed by atoms with E-state index in [0.29, 0.717) is 18.9 Å². The van der Waals surface area contributed by atoms with Crippen LogP contribution < -0.4 is 10.6 Å². The molecule has 2 saturated carbocycles. The SMILES string of the molecule is CC(C)(C)OC(=O)N[C@H]1CC[C@H](c2cccc(C(F)(F)F)c2)C[C@@H]1NC1CCC1. The molecule has 4 nitrogen and oxygen atoms in total. The van der Waals surface area contributed by atoms with E-state index in [1.54, 1.807) is 6.07 Å². The molecule has 29 heavy (non-hydrogen) atoms. The van der Waals surface area contributed by atoms with Crippen molar-refractivity contribution in [1.29, 1.82) is 0 Å². The second-order valence-electron chi connectivity index (χ2n) is 9.29. The number of carbonyl (C=O) groups excluding carboxylic acids is 1. The molecule has 7 heteroatoms. The van der Waals surface area contributed by atoms with Gasteiger partial charge in [-0.15, -0.1) is 0 Å². The van der Waals surface area contributed by atoms with Crippen LogP contribution in [0.2, 0.25) is 0 Å². The Balaban J connectivity index is 1.70. The fourth-order valence-electron chi connectivity index (χ4n) is 4.14. The van der Waals surface area contributed by atoms with E-state index >= 15 is 0 Å². The zero-order chi connectivity index (χ0) is 21.2. The maximum absolute atomic E-state index is 13.1. The first-order valence-corrected chi connectivity index (χ1v) is 10.4. The Hall–Kier alpha value is -1.76. The molecule has 0 spiro atoms. The fourth-order valence-corrected chi connectivity index (χ4v) is 4.14. The summed E-state index contributed by atoms with van der Waals surface area (Å²) in [5, 5.41) is 6.61. The van der Waals surface area contributed by atoms with Gasteiger partial charge >= 0.3 is 12.3 Å². The summed E-state index contributed by atoms with van der Waals surface area (Å²) in [6.07, 6.45) is 0.724. The zero-order valence-corrected chi connectivity index (χ0v) is 17.3. The third-order valence-corrected chi connectivity index (χ3v) is 5.79. The summed E-state index contributed by atoms with van der Waals surface area (Å²) in [5.74, 6) is 0.0339. The topological polar surface area (TPSA) is 50.4 Å². The first kappa shape index (κ1) is 21.9. The number of nitrogens with one attached hydrogen (secondary N) is 2. The van der Waals surface area contributed by atoms with Crippen molar-refractivity contribution in [3.05, 3.63) is 35.4 Å². The van der Waals surface area contributed by atoms with Crippen molar-refractivity contribution < 1.29 is 22.7 Å². The standard InChI is InChI=1S/C22H31F3N2O2/c1-21(2,3)29-20(28)27-18-11-10-15(13-19(18)26-17-8-5-9-17)14-6-4-7-16(12-14)22(23,24)25/h4,6-7,12,15,17-19,26H,5,8-11,13H2,1-3H3,(H,27,28)/t15-,18-,19-/m0/s1. The summed E-state index contributed by atoms with van der Waals surface area (Å²) in [5.41, 5.74) is -0.459. The summed E-state index contributed by atoms with van der Waals surface area (Å²) < 4.78 is 44.7. The van der Waals surface area contributed by atoms with E-state index < -0.39 is 23.4 Å². The van der Waals surface area contributed by atoms with E-state index in [4.69, 9.17) is 4.74 Å². The lowest BCUT2D eigenvalue weighted by atomic mass is 9.77. The maximum atomic E-state index is 13.1. The summed E-state index contributed by atoms with van der Waals surface area (Å²) in [7, 11) is 0. The molecule has 0 bridgehead atoms. The van der Waals surface area contributed by atoms with Crippen molar-refractivity contribution in [2.75, 3.05) is 0 Å². The van der Waals surface area contributed by atoms with Crippen LogP contribution in [-0.4, -0.2) is 29.8 Å². The quantitative estimate of drug-likeness (QED) is 0.698. The average Bonchev–Trinajstić information content (AvgIpc) is 2.57. The lowest BCUT2D eigenvalue weighted by molar-refractivity contribution is -0.137. The number of carbonyl (C=O) groups is 1. The minimum atomic E-state index is -4.34. The highest BCUT2D eigenvalue weighted by Gasteiger charge is 2.36. The largest absolute Gasteiger partial charge is 0.444 e. The number of ether oxygens (including phenoxy) is 1. The van der Waals surface area contributed by atoms with Gasteiger partial charge in [-0.05, 0) is 70.4 Å². The molecule has 2 N–H and O–H groups in total. The number of hydrogen-bond acceptors (Lipinski definition) is 3. The lowest BCUT2D eigenvalue weighted by Crippen LogP contribution is -2.56. The number of halogens is 3. The molecule has 1 aromatic carbocycles. The summed E-state index contributed by atoms with van der Waals surface area (Å²) in [6, 6.07) is 5.99. The van der Waals surface area contributed by atoms with Gasteiger partial charge in [-0.3, -0.25) is 0 Å². The minimum Gasteiger partial charge on any atom is -0.444 e. The predicted molar refractivity (Wildman–Crippen MR) is 106 cm³/mol. The Morgan fingerprint density at radius 1 is 1.07 bits per heavy atom. The normalized spacial score (nSPS) is 25.9. The average molecular weight is 412 g/mol. The van der Waals surface area contributed by atoms with Gasteiger partial charge < -0.3 is 15.4 Å². The second kappa shape index (κ2) is 8.54. The fraction of sp³-hybridized carbons (Fsp3) is 0.682. The zero-order valence-electron chi connectivity index (χ0n) is 17.3. The van der Waals surface area contributed by atoms with E-state index in [-0.39, 0.29) is 18.0 Å². The molecule has 162 valence electrons. The van der Waals surface area contributed by atoms with E-state index in [1.807, 2.05) is 20.8 Å². The maximum Gasteiger partial charge on any atom is 0.416 e. The monoisotopic (exact) mass is 412 g/mol. The smallest absolute Gasteiger partial charge is 0.416 e. The van der Waals surface area contributed by atoms with Crippen LogP contribution in [0.1, 0.15) is 76.3 Å². The van der Waals surface area contributed by atoms with Gasteiger partial charge in [0.05, 0.1) is 5.56 Å². The summed E-state index contributed by atoms with van der Waals surface area (Å²) in [6.45, 7) is 5.46. The van der Waals surface area contributed by atoms with Crippen LogP contribution in [0, 0.1) is 0 Å². The minimum absolute atomic E-state index is 0.0149. The van der Waals surface area contributed by atoms with Gasteiger partial charge in [-0.2, -0.15) is 13.2 Å². The van der Waals surface area contributed by atoms with Crippen LogP contribution in [0.15, 0.2) is 24.3 Å². The van der Waals surface area contributed by atoms with Crippen molar-refractivity contribution in [2.45, 2.75) is 95.1 Å². The molecular weight excluding hydrogens is 381 g/mol. The number of rotatable bonds is 4. The molecule has 2 aliphatic carbocycles. The van der Waals surface area contributed by atoms with Gasteiger partial charge in [-0.25, -0.2) is 4.79 Å². The van der Waals surface area contributed by atoms with E-state index in [2.05, 4.69) is 10.6 Å². The number of alkyl carbamates (subject to hydrolysis) is 1. The van der Waals surface area contributed by atoms with Gasteiger partial charge in [0, 0.05) is 18.1 Å². The van der Waals surface area contributed by atoms with Gasteiger partial charge in [0.15, 0.2) is 0 Å². The number of hydrogen-bond donors (Lipinski definition) is 2. The third kappa shape index (κ3) is 6.11. The molecule has 2 aliphatic rings. The molecular formula is C22H31F3N2O2. The van der Waals surface area contributed by atoms with Crippen LogP contribution in [-0.2, 0) is 10.9 Å². The Morgan fingerprint density at radius 3 is 2.38 bits per heavy atom. The molecule has 0 heterocycles. The second-order valence-corrected chi connectivity index (χ2v) is 9.29. The number of amides is 1. The van der Waals surface area contributed by atoms with Crippen molar-refractivity contribution in [3.63, 3.8) is 0 Å². The molecule has 2 fully saturated rings. The number of alkyl halides is 3. The van der Waals surface area contributed by atoms with Crippen LogP contribution in [0.3, 0.4) is 0 Å².